The predicted octanol–water partition coefficient (Wildman–Crippen LogP) is 1.92. The molecule has 0 heterocycles. The lowest BCUT2D eigenvalue weighted by atomic mass is 10.0. The third-order valence-corrected chi connectivity index (χ3v) is 2.43. The Balaban J connectivity index is 3.96. The first-order chi connectivity index (χ1) is 5.08. The summed E-state index contributed by atoms with van der Waals surface area (Å²) in [6, 6.07) is 0. The summed E-state index contributed by atoms with van der Waals surface area (Å²) in [5.74, 6) is 0.532. The highest BCUT2D eigenvalue weighted by Gasteiger charge is 2.21. The van der Waals surface area contributed by atoms with Crippen molar-refractivity contribution in [1.82, 2.24) is 5.32 Å². The molecule has 0 saturated heterocycles. The molecule has 66 valence electrons. The number of alkyl halides is 1. The number of rotatable bonds is 4. The van der Waals surface area contributed by atoms with Crippen molar-refractivity contribution < 1.29 is 4.79 Å². The SMILES string of the molecule is CCC(=O)NC(C)(CC)CCl. The van der Waals surface area contributed by atoms with Gasteiger partial charge in [-0.05, 0) is 13.3 Å². The van der Waals surface area contributed by atoms with Crippen LogP contribution in [0.1, 0.15) is 33.6 Å². The van der Waals surface area contributed by atoms with Gasteiger partial charge in [0.05, 0.1) is 5.54 Å². The van der Waals surface area contributed by atoms with Crippen LogP contribution in [-0.4, -0.2) is 17.3 Å². The normalized spacial score (nSPS) is 15.6. The van der Waals surface area contributed by atoms with Crippen molar-refractivity contribution in [2.75, 3.05) is 5.88 Å². The van der Waals surface area contributed by atoms with E-state index in [1.165, 1.54) is 0 Å². The Hall–Kier alpha value is -0.240. The van der Waals surface area contributed by atoms with Crippen molar-refractivity contribution in [3.05, 3.63) is 0 Å². The van der Waals surface area contributed by atoms with E-state index in [0.717, 1.165) is 6.42 Å². The van der Waals surface area contributed by atoms with Gasteiger partial charge >= 0.3 is 0 Å². The van der Waals surface area contributed by atoms with Crippen LogP contribution in [0.5, 0.6) is 0 Å². The van der Waals surface area contributed by atoms with Gasteiger partial charge in [-0.1, -0.05) is 13.8 Å². The number of carbonyl (C=O) groups is 1. The van der Waals surface area contributed by atoms with Gasteiger partial charge in [-0.2, -0.15) is 0 Å². The van der Waals surface area contributed by atoms with Gasteiger partial charge in [0.1, 0.15) is 0 Å². The van der Waals surface area contributed by atoms with E-state index in [9.17, 15) is 4.79 Å². The van der Waals surface area contributed by atoms with Gasteiger partial charge in [0.2, 0.25) is 5.91 Å². The van der Waals surface area contributed by atoms with E-state index < -0.39 is 0 Å². The number of hydrogen-bond donors (Lipinski definition) is 1. The lowest BCUT2D eigenvalue weighted by molar-refractivity contribution is -0.122. The summed E-state index contributed by atoms with van der Waals surface area (Å²) in [5.41, 5.74) is -0.228. The Morgan fingerprint density at radius 1 is 1.55 bits per heavy atom. The van der Waals surface area contributed by atoms with Crippen LogP contribution in [0.2, 0.25) is 0 Å². The Labute approximate surface area is 73.3 Å². The van der Waals surface area contributed by atoms with Crippen molar-refractivity contribution in [3.63, 3.8) is 0 Å². The minimum absolute atomic E-state index is 0.0648. The maximum absolute atomic E-state index is 11.0. The summed E-state index contributed by atoms with van der Waals surface area (Å²) in [4.78, 5) is 11.0. The summed E-state index contributed by atoms with van der Waals surface area (Å²) in [6.45, 7) is 5.80. The molecule has 0 aromatic rings. The molecule has 1 atom stereocenters. The van der Waals surface area contributed by atoms with Crippen LogP contribution < -0.4 is 5.32 Å². The largest absolute Gasteiger partial charge is 0.350 e. The second-order valence-corrected chi connectivity index (χ2v) is 3.22. The first kappa shape index (κ1) is 10.8. The van der Waals surface area contributed by atoms with E-state index in [4.69, 9.17) is 11.6 Å². The molecule has 1 amide bonds. The maximum atomic E-state index is 11.0. The molecular weight excluding hydrogens is 162 g/mol. The quantitative estimate of drug-likeness (QED) is 0.654. The van der Waals surface area contributed by atoms with E-state index in [-0.39, 0.29) is 11.4 Å². The number of carbonyl (C=O) groups excluding carboxylic acids is 1. The second kappa shape index (κ2) is 4.60. The lowest BCUT2D eigenvalue weighted by Crippen LogP contribution is -2.46. The number of amides is 1. The Bertz CT molecular complexity index is 132. The fourth-order valence-corrected chi connectivity index (χ4v) is 0.897. The van der Waals surface area contributed by atoms with Crippen LogP contribution in [0.3, 0.4) is 0 Å². The van der Waals surface area contributed by atoms with Crippen molar-refractivity contribution in [2.45, 2.75) is 39.2 Å². The molecule has 0 aromatic carbocycles. The summed E-state index contributed by atoms with van der Waals surface area (Å²) in [5, 5.41) is 2.87. The maximum Gasteiger partial charge on any atom is 0.220 e. The molecular formula is C8H16ClNO. The van der Waals surface area contributed by atoms with E-state index >= 15 is 0 Å². The van der Waals surface area contributed by atoms with Crippen LogP contribution in [0, 0.1) is 0 Å². The third kappa shape index (κ3) is 3.61. The average molecular weight is 178 g/mol. The fraction of sp³-hybridized carbons (Fsp3) is 0.875. The summed E-state index contributed by atoms with van der Waals surface area (Å²) >= 11 is 5.70. The summed E-state index contributed by atoms with van der Waals surface area (Å²) in [7, 11) is 0. The molecule has 1 N–H and O–H groups in total. The van der Waals surface area contributed by atoms with E-state index in [1.807, 2.05) is 20.8 Å². The molecule has 0 aliphatic heterocycles. The monoisotopic (exact) mass is 177 g/mol. The summed E-state index contributed by atoms with van der Waals surface area (Å²) < 4.78 is 0. The van der Waals surface area contributed by atoms with Crippen LogP contribution in [0.25, 0.3) is 0 Å². The van der Waals surface area contributed by atoms with Crippen molar-refractivity contribution in [3.8, 4) is 0 Å². The topological polar surface area (TPSA) is 29.1 Å². The number of halogens is 1. The van der Waals surface area contributed by atoms with E-state index in [1.54, 1.807) is 0 Å². The molecule has 0 rings (SSSR count). The lowest BCUT2D eigenvalue weighted by Gasteiger charge is -2.26. The van der Waals surface area contributed by atoms with E-state index in [0.29, 0.717) is 12.3 Å². The zero-order valence-electron chi connectivity index (χ0n) is 7.41. The van der Waals surface area contributed by atoms with Crippen LogP contribution in [-0.2, 0) is 4.79 Å². The number of nitrogens with one attached hydrogen (secondary N) is 1. The molecule has 0 saturated carbocycles. The Kier molecular flexibility index (Phi) is 4.50. The zero-order valence-corrected chi connectivity index (χ0v) is 8.16. The standard InChI is InChI=1S/C8H16ClNO/c1-4-7(11)10-8(3,5-2)6-9/h4-6H2,1-3H3,(H,10,11). The molecule has 0 fully saturated rings. The van der Waals surface area contributed by atoms with Gasteiger partial charge in [0, 0.05) is 12.3 Å². The minimum atomic E-state index is -0.228. The van der Waals surface area contributed by atoms with E-state index in [2.05, 4.69) is 5.32 Å². The van der Waals surface area contributed by atoms with Gasteiger partial charge in [-0.3, -0.25) is 4.79 Å². The smallest absolute Gasteiger partial charge is 0.220 e. The predicted molar refractivity (Wildman–Crippen MR) is 47.8 cm³/mol. The van der Waals surface area contributed by atoms with Gasteiger partial charge in [-0.25, -0.2) is 0 Å². The second-order valence-electron chi connectivity index (χ2n) is 2.95. The van der Waals surface area contributed by atoms with Gasteiger partial charge in [0.25, 0.3) is 0 Å². The van der Waals surface area contributed by atoms with Gasteiger partial charge in [-0.15, -0.1) is 11.6 Å². The fourth-order valence-electron chi connectivity index (χ4n) is 0.641. The molecule has 0 aliphatic carbocycles. The third-order valence-electron chi connectivity index (χ3n) is 1.84. The van der Waals surface area contributed by atoms with Crippen LogP contribution in [0.4, 0.5) is 0 Å². The number of hydrogen-bond acceptors (Lipinski definition) is 1. The first-order valence-electron chi connectivity index (χ1n) is 3.95. The molecule has 3 heteroatoms. The average Bonchev–Trinajstić information content (AvgIpc) is 2.04. The Morgan fingerprint density at radius 2 is 2.09 bits per heavy atom. The van der Waals surface area contributed by atoms with Gasteiger partial charge in [0.15, 0.2) is 0 Å². The highest BCUT2D eigenvalue weighted by molar-refractivity contribution is 6.18. The minimum Gasteiger partial charge on any atom is -0.350 e. The highest BCUT2D eigenvalue weighted by atomic mass is 35.5. The van der Waals surface area contributed by atoms with Crippen molar-refractivity contribution in [2.24, 2.45) is 0 Å². The molecule has 0 spiro atoms. The van der Waals surface area contributed by atoms with Crippen molar-refractivity contribution in [1.29, 1.82) is 0 Å². The highest BCUT2D eigenvalue weighted by Crippen LogP contribution is 2.10. The first-order valence-corrected chi connectivity index (χ1v) is 4.48. The zero-order chi connectivity index (χ0) is 8.91. The molecule has 2 nitrogen and oxygen atoms in total. The Morgan fingerprint density at radius 3 is 2.36 bits per heavy atom. The van der Waals surface area contributed by atoms with Crippen molar-refractivity contribution >= 4 is 17.5 Å². The molecule has 0 bridgehead atoms. The molecule has 0 aromatic heterocycles. The molecule has 0 radical (unpaired) electrons. The summed E-state index contributed by atoms with van der Waals surface area (Å²) in [6.07, 6.45) is 1.38. The van der Waals surface area contributed by atoms with Crippen LogP contribution >= 0.6 is 11.6 Å². The molecule has 11 heavy (non-hydrogen) atoms. The molecule has 1 unspecified atom stereocenters. The van der Waals surface area contributed by atoms with Gasteiger partial charge < -0.3 is 5.32 Å². The molecule has 0 aliphatic rings. The van der Waals surface area contributed by atoms with Crippen LogP contribution in [0.15, 0.2) is 0 Å².